The van der Waals surface area contributed by atoms with Crippen LogP contribution >= 0.6 is 0 Å². The molecule has 0 radical (unpaired) electrons. The number of hydrogen-bond acceptors (Lipinski definition) is 3. The number of ether oxygens (including phenoxy) is 1. The highest BCUT2D eigenvalue weighted by Crippen LogP contribution is 2.32. The Morgan fingerprint density at radius 3 is 1.89 bits per heavy atom. The van der Waals surface area contributed by atoms with Crippen LogP contribution in [0.25, 0.3) is 0 Å². The predicted octanol–water partition coefficient (Wildman–Crippen LogP) is 5.08. The Kier molecular flexibility index (Phi) is 6.74. The van der Waals surface area contributed by atoms with Crippen LogP contribution in [0.2, 0.25) is 0 Å². The molecule has 2 unspecified atom stereocenters. The van der Waals surface area contributed by atoms with E-state index >= 15 is 0 Å². The average Bonchev–Trinajstić information content (AvgIpc) is 2.75. The summed E-state index contributed by atoms with van der Waals surface area (Å²) in [5, 5.41) is 0. The maximum absolute atomic E-state index is 13.4. The lowest BCUT2D eigenvalue weighted by Crippen LogP contribution is -2.33. The van der Waals surface area contributed by atoms with Gasteiger partial charge in [0.2, 0.25) is 0 Å². The maximum atomic E-state index is 13.4. The first-order valence-corrected chi connectivity index (χ1v) is 9.55. The largest absolute Gasteiger partial charge is 0.465 e. The van der Waals surface area contributed by atoms with Crippen LogP contribution in [-0.4, -0.2) is 18.4 Å². The summed E-state index contributed by atoms with van der Waals surface area (Å²) in [6, 6.07) is 28.6. The Hall–Kier alpha value is -3.20. The number of hydrogen-bond donors (Lipinski definition) is 0. The fraction of sp³-hybridized carbons (Fsp3) is 0.200. The summed E-state index contributed by atoms with van der Waals surface area (Å²) < 4.78 is 5.33. The Labute approximate surface area is 166 Å². The van der Waals surface area contributed by atoms with E-state index in [-0.39, 0.29) is 18.3 Å². The Balaban J connectivity index is 2.05. The van der Waals surface area contributed by atoms with Gasteiger partial charge in [0.05, 0.1) is 6.61 Å². The number of rotatable bonds is 8. The molecule has 2 atom stereocenters. The Bertz CT molecular complexity index is 889. The van der Waals surface area contributed by atoms with E-state index in [4.69, 9.17) is 4.74 Å². The van der Waals surface area contributed by atoms with Crippen molar-refractivity contribution in [2.75, 3.05) is 6.61 Å². The van der Waals surface area contributed by atoms with Gasteiger partial charge in [-0.2, -0.15) is 0 Å². The summed E-state index contributed by atoms with van der Waals surface area (Å²) in [6.07, 6.45) is 0.576. The van der Waals surface area contributed by atoms with Crippen molar-refractivity contribution in [1.29, 1.82) is 0 Å². The smallest absolute Gasteiger partial charge is 0.317 e. The van der Waals surface area contributed by atoms with Crippen molar-refractivity contribution in [1.82, 2.24) is 0 Å². The molecule has 0 aliphatic carbocycles. The summed E-state index contributed by atoms with van der Waals surface area (Å²) in [5.74, 6) is -1.88. The lowest BCUT2D eigenvalue weighted by molar-refractivity contribution is -0.146. The van der Waals surface area contributed by atoms with Gasteiger partial charge in [-0.3, -0.25) is 9.59 Å². The molecule has 0 saturated heterocycles. The number of carbonyl (C=O) groups is 2. The van der Waals surface area contributed by atoms with Gasteiger partial charge in [0.15, 0.2) is 5.78 Å². The van der Waals surface area contributed by atoms with Crippen molar-refractivity contribution in [3.05, 3.63) is 108 Å². The Morgan fingerprint density at radius 1 is 0.786 bits per heavy atom. The van der Waals surface area contributed by atoms with Gasteiger partial charge in [-0.25, -0.2) is 0 Å². The van der Waals surface area contributed by atoms with Crippen LogP contribution in [0.15, 0.2) is 91.0 Å². The van der Waals surface area contributed by atoms with Crippen molar-refractivity contribution >= 4 is 11.8 Å². The highest BCUT2D eigenvalue weighted by Gasteiger charge is 2.37. The molecule has 0 aliphatic rings. The topological polar surface area (TPSA) is 43.4 Å². The fourth-order valence-corrected chi connectivity index (χ4v) is 3.46. The normalized spacial score (nSPS) is 12.8. The molecule has 3 aromatic rings. The van der Waals surface area contributed by atoms with E-state index in [0.29, 0.717) is 12.0 Å². The van der Waals surface area contributed by atoms with Crippen molar-refractivity contribution in [2.45, 2.75) is 19.3 Å². The SMILES string of the molecule is CCOC(=O)C(C(=O)c1ccccc1)C(Cc1ccccc1)c1ccccc1. The molecule has 3 aromatic carbocycles. The highest BCUT2D eigenvalue weighted by molar-refractivity contribution is 6.09. The van der Waals surface area contributed by atoms with Crippen molar-refractivity contribution < 1.29 is 14.3 Å². The van der Waals surface area contributed by atoms with Crippen LogP contribution in [0.4, 0.5) is 0 Å². The zero-order chi connectivity index (χ0) is 19.8. The summed E-state index contributed by atoms with van der Waals surface area (Å²) >= 11 is 0. The standard InChI is InChI=1S/C25H24O3/c1-2-28-25(27)23(24(26)21-16-10-5-11-17-21)22(20-14-8-4-9-15-20)18-19-12-6-3-7-13-19/h3-17,22-23H,2,18H2,1H3. The van der Waals surface area contributed by atoms with Crippen LogP contribution in [0.5, 0.6) is 0 Å². The molecule has 3 heteroatoms. The second-order valence-electron chi connectivity index (χ2n) is 6.67. The van der Waals surface area contributed by atoms with E-state index in [2.05, 4.69) is 0 Å². The van der Waals surface area contributed by atoms with Gasteiger partial charge in [-0.15, -0.1) is 0 Å². The maximum Gasteiger partial charge on any atom is 0.317 e. The molecule has 0 aliphatic heterocycles. The van der Waals surface area contributed by atoms with Crippen LogP contribution < -0.4 is 0 Å². The molecule has 3 rings (SSSR count). The molecule has 0 spiro atoms. The lowest BCUT2D eigenvalue weighted by Gasteiger charge is -2.25. The molecule has 0 amide bonds. The van der Waals surface area contributed by atoms with E-state index < -0.39 is 11.9 Å². The van der Waals surface area contributed by atoms with Gasteiger partial charge in [0.1, 0.15) is 5.92 Å². The third-order valence-corrected chi connectivity index (χ3v) is 4.81. The van der Waals surface area contributed by atoms with Crippen LogP contribution in [0, 0.1) is 5.92 Å². The molecule has 0 aromatic heterocycles. The second kappa shape index (κ2) is 9.65. The first-order chi connectivity index (χ1) is 13.7. The molecule has 0 N–H and O–H groups in total. The average molecular weight is 372 g/mol. The zero-order valence-corrected chi connectivity index (χ0v) is 16.0. The Morgan fingerprint density at radius 2 is 1.32 bits per heavy atom. The molecular weight excluding hydrogens is 348 g/mol. The third kappa shape index (κ3) is 4.74. The molecule has 0 fully saturated rings. The summed E-state index contributed by atoms with van der Waals surface area (Å²) in [7, 11) is 0. The highest BCUT2D eigenvalue weighted by atomic mass is 16.5. The zero-order valence-electron chi connectivity index (χ0n) is 16.0. The molecule has 0 saturated carbocycles. The second-order valence-corrected chi connectivity index (χ2v) is 6.67. The predicted molar refractivity (Wildman–Crippen MR) is 110 cm³/mol. The van der Waals surface area contributed by atoms with Crippen molar-refractivity contribution in [3.63, 3.8) is 0 Å². The molecule has 0 bridgehead atoms. The third-order valence-electron chi connectivity index (χ3n) is 4.81. The summed E-state index contributed by atoms with van der Waals surface area (Å²) in [4.78, 5) is 26.3. The minimum atomic E-state index is -0.898. The van der Waals surface area contributed by atoms with E-state index in [0.717, 1.165) is 11.1 Å². The summed E-state index contributed by atoms with van der Waals surface area (Å²) in [5.41, 5.74) is 2.55. The number of benzene rings is 3. The lowest BCUT2D eigenvalue weighted by atomic mass is 9.77. The molecule has 0 heterocycles. The number of carbonyl (C=O) groups excluding carboxylic acids is 2. The van der Waals surface area contributed by atoms with Gasteiger partial charge in [-0.05, 0) is 24.5 Å². The molecule has 28 heavy (non-hydrogen) atoms. The van der Waals surface area contributed by atoms with Crippen molar-refractivity contribution in [3.8, 4) is 0 Å². The van der Waals surface area contributed by atoms with E-state index in [1.807, 2.05) is 78.9 Å². The van der Waals surface area contributed by atoms with Gasteiger partial charge in [0, 0.05) is 11.5 Å². The van der Waals surface area contributed by atoms with E-state index in [1.54, 1.807) is 19.1 Å². The first kappa shape index (κ1) is 19.6. The molecule has 142 valence electrons. The minimum absolute atomic E-state index is 0.205. The van der Waals surface area contributed by atoms with Crippen LogP contribution in [-0.2, 0) is 16.0 Å². The first-order valence-electron chi connectivity index (χ1n) is 9.55. The summed E-state index contributed by atoms with van der Waals surface area (Å²) in [6.45, 7) is 2.00. The molecular formula is C25H24O3. The van der Waals surface area contributed by atoms with Gasteiger partial charge in [0.25, 0.3) is 0 Å². The fourth-order valence-electron chi connectivity index (χ4n) is 3.46. The quantitative estimate of drug-likeness (QED) is 0.315. The monoisotopic (exact) mass is 372 g/mol. The van der Waals surface area contributed by atoms with E-state index in [1.165, 1.54) is 0 Å². The van der Waals surface area contributed by atoms with Gasteiger partial charge < -0.3 is 4.74 Å². The van der Waals surface area contributed by atoms with Crippen molar-refractivity contribution in [2.24, 2.45) is 5.92 Å². The van der Waals surface area contributed by atoms with Gasteiger partial charge in [-0.1, -0.05) is 91.0 Å². The number of Topliss-reactive ketones (excluding diaryl/α,β-unsaturated/α-hetero) is 1. The van der Waals surface area contributed by atoms with Crippen LogP contribution in [0.1, 0.15) is 34.3 Å². The van der Waals surface area contributed by atoms with Gasteiger partial charge >= 0.3 is 5.97 Å². The minimum Gasteiger partial charge on any atom is -0.465 e. The number of ketones is 1. The van der Waals surface area contributed by atoms with Crippen LogP contribution in [0.3, 0.4) is 0 Å². The molecule has 3 nitrogen and oxygen atoms in total. The number of esters is 1. The van der Waals surface area contributed by atoms with E-state index in [9.17, 15) is 9.59 Å².